The number of rotatable bonds is 0. The van der Waals surface area contributed by atoms with E-state index in [1.54, 1.807) is 4.57 Å². The smallest absolute Gasteiger partial charge is 0.258 e. The van der Waals surface area contributed by atoms with Crippen molar-refractivity contribution in [3.05, 3.63) is 83.2 Å². The van der Waals surface area contributed by atoms with E-state index in [4.69, 9.17) is 0 Å². The largest absolute Gasteiger partial charge is 0.311 e. The molecule has 5 aromatic rings. The summed E-state index contributed by atoms with van der Waals surface area (Å²) in [5, 5.41) is 7.66. The quantitative estimate of drug-likeness (QED) is 0.369. The highest BCUT2D eigenvalue weighted by atomic mass is 16.1. The summed E-state index contributed by atoms with van der Waals surface area (Å²) >= 11 is 0. The van der Waals surface area contributed by atoms with Crippen LogP contribution in [0.3, 0.4) is 0 Å². The summed E-state index contributed by atoms with van der Waals surface area (Å²) < 4.78 is 1.76. The summed E-state index contributed by atoms with van der Waals surface area (Å²) in [4.78, 5) is 12.9. The van der Waals surface area contributed by atoms with Gasteiger partial charge in [0, 0.05) is 23.2 Å². The number of benzene rings is 4. The molecule has 0 fully saturated rings. The molecule has 4 aromatic carbocycles. The zero-order valence-electron chi connectivity index (χ0n) is 13.3. The number of hydrogen-bond donors (Lipinski definition) is 0. The van der Waals surface area contributed by atoms with Crippen LogP contribution in [0.15, 0.2) is 77.6 Å². The third-order valence-electron chi connectivity index (χ3n) is 4.98. The van der Waals surface area contributed by atoms with E-state index in [1.165, 1.54) is 10.8 Å². The Morgan fingerprint density at radius 2 is 1.21 bits per heavy atom. The van der Waals surface area contributed by atoms with Gasteiger partial charge in [-0.2, -0.15) is 0 Å². The highest BCUT2D eigenvalue weighted by Gasteiger charge is 2.13. The van der Waals surface area contributed by atoms with Gasteiger partial charge in [0.2, 0.25) is 0 Å². The van der Waals surface area contributed by atoms with Crippen molar-refractivity contribution < 1.29 is 0 Å². The highest BCUT2D eigenvalue weighted by molar-refractivity contribution is 6.26. The van der Waals surface area contributed by atoms with E-state index in [9.17, 15) is 4.79 Å². The first kappa shape index (κ1) is 13.3. The summed E-state index contributed by atoms with van der Waals surface area (Å²) in [6, 6.07) is 24.8. The van der Waals surface area contributed by atoms with Gasteiger partial charge in [0.25, 0.3) is 5.56 Å². The maximum atomic E-state index is 12.9. The fourth-order valence-corrected chi connectivity index (χ4v) is 3.81. The van der Waals surface area contributed by atoms with Gasteiger partial charge in [-0.3, -0.25) is 4.79 Å². The number of hydrogen-bond acceptors (Lipinski definition) is 1. The van der Waals surface area contributed by atoms with E-state index in [2.05, 4.69) is 48.5 Å². The van der Waals surface area contributed by atoms with E-state index in [1.807, 2.05) is 31.3 Å². The van der Waals surface area contributed by atoms with Crippen molar-refractivity contribution in [3.8, 4) is 0 Å². The topological polar surface area (TPSA) is 22.0 Å². The van der Waals surface area contributed by atoms with E-state index in [-0.39, 0.29) is 5.56 Å². The second kappa shape index (κ2) is 4.68. The second-order valence-corrected chi connectivity index (χ2v) is 6.25. The number of fused-ring (bicyclic) bond motifs is 7. The first-order chi connectivity index (χ1) is 11.8. The Kier molecular flexibility index (Phi) is 2.60. The summed E-state index contributed by atoms with van der Waals surface area (Å²) in [7, 11) is 1.86. The second-order valence-electron chi connectivity index (χ2n) is 6.25. The molecule has 0 N–H and O–H groups in total. The molecule has 0 atom stereocenters. The van der Waals surface area contributed by atoms with Crippen molar-refractivity contribution in [3.63, 3.8) is 0 Å². The Morgan fingerprint density at radius 1 is 0.625 bits per heavy atom. The maximum absolute atomic E-state index is 12.9. The summed E-state index contributed by atoms with van der Waals surface area (Å²) in [6.07, 6.45) is 0. The van der Waals surface area contributed by atoms with Crippen LogP contribution < -0.4 is 5.56 Å². The Morgan fingerprint density at radius 3 is 1.92 bits per heavy atom. The number of aryl methyl sites for hydroxylation is 1. The van der Waals surface area contributed by atoms with Crippen molar-refractivity contribution >= 4 is 43.2 Å². The molecule has 24 heavy (non-hydrogen) atoms. The predicted molar refractivity (Wildman–Crippen MR) is 102 cm³/mol. The van der Waals surface area contributed by atoms with Gasteiger partial charge in [0.15, 0.2) is 0 Å². The van der Waals surface area contributed by atoms with Crippen LogP contribution in [0.4, 0.5) is 0 Å². The summed E-state index contributed by atoms with van der Waals surface area (Å²) in [5.41, 5.74) is 1.03. The summed E-state index contributed by atoms with van der Waals surface area (Å²) in [5.74, 6) is 0. The van der Waals surface area contributed by atoms with Crippen molar-refractivity contribution in [1.82, 2.24) is 4.57 Å². The zero-order valence-corrected chi connectivity index (χ0v) is 13.3. The maximum Gasteiger partial charge on any atom is 0.258 e. The van der Waals surface area contributed by atoms with Crippen molar-refractivity contribution in [2.45, 2.75) is 0 Å². The lowest BCUT2D eigenvalue weighted by atomic mass is 9.95. The van der Waals surface area contributed by atoms with Gasteiger partial charge in [0.05, 0.1) is 5.52 Å². The minimum Gasteiger partial charge on any atom is -0.311 e. The molecule has 0 aliphatic rings. The SMILES string of the molecule is Cn1c(=O)c2ccc3ccccc3c2c2c3ccccc3ccc21. The molecule has 114 valence electrons. The van der Waals surface area contributed by atoms with Gasteiger partial charge in [-0.15, -0.1) is 0 Å². The molecule has 0 aliphatic heterocycles. The van der Waals surface area contributed by atoms with Gasteiger partial charge in [-0.25, -0.2) is 0 Å². The fourth-order valence-electron chi connectivity index (χ4n) is 3.81. The Labute approximate surface area is 138 Å². The molecule has 0 radical (unpaired) electrons. The molecule has 5 rings (SSSR count). The normalized spacial score (nSPS) is 11.7. The van der Waals surface area contributed by atoms with Crippen molar-refractivity contribution in [1.29, 1.82) is 0 Å². The molecule has 2 nitrogen and oxygen atoms in total. The van der Waals surface area contributed by atoms with Gasteiger partial charge < -0.3 is 4.57 Å². The average Bonchev–Trinajstić information content (AvgIpc) is 2.64. The molecule has 2 heteroatoms. The van der Waals surface area contributed by atoms with Crippen LogP contribution >= 0.6 is 0 Å². The molecule has 0 unspecified atom stereocenters. The van der Waals surface area contributed by atoms with E-state index >= 15 is 0 Å². The number of nitrogens with zero attached hydrogens (tertiary/aromatic N) is 1. The number of pyridine rings is 1. The lowest BCUT2D eigenvalue weighted by molar-refractivity contribution is 0.919. The van der Waals surface area contributed by atoms with Crippen LogP contribution in [0.2, 0.25) is 0 Å². The van der Waals surface area contributed by atoms with Crippen molar-refractivity contribution in [2.24, 2.45) is 7.05 Å². The van der Waals surface area contributed by atoms with E-state index < -0.39 is 0 Å². The fraction of sp³-hybridized carbons (Fsp3) is 0.0455. The zero-order chi connectivity index (χ0) is 16.3. The third-order valence-corrected chi connectivity index (χ3v) is 4.98. The average molecular weight is 309 g/mol. The van der Waals surface area contributed by atoms with Gasteiger partial charge in [-0.05, 0) is 33.7 Å². The first-order valence-corrected chi connectivity index (χ1v) is 8.07. The molecular weight excluding hydrogens is 294 g/mol. The Hall–Kier alpha value is -3.13. The molecule has 0 spiro atoms. The van der Waals surface area contributed by atoms with Crippen molar-refractivity contribution in [2.75, 3.05) is 0 Å². The van der Waals surface area contributed by atoms with Crippen LogP contribution in [-0.2, 0) is 7.05 Å². The molecular formula is C22H15NO. The molecule has 0 saturated heterocycles. The monoisotopic (exact) mass is 309 g/mol. The Bertz CT molecular complexity index is 1330. The highest BCUT2D eigenvalue weighted by Crippen LogP contribution is 2.34. The van der Waals surface area contributed by atoms with Gasteiger partial charge in [0.1, 0.15) is 0 Å². The van der Waals surface area contributed by atoms with Crippen LogP contribution in [0.5, 0.6) is 0 Å². The minimum absolute atomic E-state index is 0.0542. The summed E-state index contributed by atoms with van der Waals surface area (Å²) in [6.45, 7) is 0. The molecule has 0 saturated carbocycles. The molecule has 1 heterocycles. The lowest BCUT2D eigenvalue weighted by Gasteiger charge is -2.13. The predicted octanol–water partition coefficient (Wildman–Crippen LogP) is 5.00. The van der Waals surface area contributed by atoms with Crippen LogP contribution in [0.1, 0.15) is 0 Å². The van der Waals surface area contributed by atoms with Crippen LogP contribution in [0.25, 0.3) is 43.2 Å². The Balaban J connectivity index is 2.26. The van der Waals surface area contributed by atoms with Gasteiger partial charge >= 0.3 is 0 Å². The van der Waals surface area contributed by atoms with Gasteiger partial charge in [-0.1, -0.05) is 60.7 Å². The lowest BCUT2D eigenvalue weighted by Crippen LogP contribution is -2.17. The third kappa shape index (κ3) is 1.63. The minimum atomic E-state index is 0.0542. The molecule has 1 aromatic heterocycles. The molecule has 0 bridgehead atoms. The number of aromatic nitrogens is 1. The molecule has 0 aliphatic carbocycles. The van der Waals surface area contributed by atoms with E-state index in [0.717, 1.165) is 32.4 Å². The molecule has 0 amide bonds. The van der Waals surface area contributed by atoms with E-state index in [0.29, 0.717) is 0 Å². The van der Waals surface area contributed by atoms with Crippen LogP contribution in [-0.4, -0.2) is 4.57 Å². The standard InChI is InChI=1S/C22H15NO/c1-23-19-13-11-15-7-3-5-9-17(15)21(19)20-16-8-4-2-6-14(16)10-12-18(20)22(23)24/h2-13H,1H3. The first-order valence-electron chi connectivity index (χ1n) is 8.07. The van der Waals surface area contributed by atoms with Crippen LogP contribution in [0, 0.1) is 0 Å².